The van der Waals surface area contributed by atoms with Crippen molar-refractivity contribution in [3.63, 3.8) is 0 Å². The molecule has 0 amide bonds. The van der Waals surface area contributed by atoms with Gasteiger partial charge in [0.2, 0.25) is 0 Å². The highest BCUT2D eigenvalue weighted by Crippen LogP contribution is 2.34. The Bertz CT molecular complexity index is 1060. The lowest BCUT2D eigenvalue weighted by Gasteiger charge is -2.07. The lowest BCUT2D eigenvalue weighted by atomic mass is 10.0. The van der Waals surface area contributed by atoms with Gasteiger partial charge in [-0.15, -0.1) is 0 Å². The Hall–Kier alpha value is -2.88. The standard InChI is InChI=1S/C18H13NO3/c1-10-9-21-17-11(2)18-14(7-12(10)17)13(8-16(20)22-18)15-5-3-4-6-19-15/h3-9H,1-2H3. The summed E-state index contributed by atoms with van der Waals surface area (Å²) in [6.07, 6.45) is 3.43. The predicted octanol–water partition coefficient (Wildman–Crippen LogP) is 4.22. The van der Waals surface area contributed by atoms with Crippen LogP contribution in [0.1, 0.15) is 11.1 Å². The molecule has 22 heavy (non-hydrogen) atoms. The van der Waals surface area contributed by atoms with E-state index in [1.165, 1.54) is 6.07 Å². The molecular weight excluding hydrogens is 278 g/mol. The summed E-state index contributed by atoms with van der Waals surface area (Å²) in [6.45, 7) is 3.90. The number of fused-ring (bicyclic) bond motifs is 2. The molecule has 0 spiro atoms. The van der Waals surface area contributed by atoms with E-state index in [-0.39, 0.29) is 5.63 Å². The molecule has 0 unspecified atom stereocenters. The number of hydrogen-bond acceptors (Lipinski definition) is 4. The zero-order valence-electron chi connectivity index (χ0n) is 12.2. The smallest absolute Gasteiger partial charge is 0.336 e. The number of aromatic nitrogens is 1. The molecule has 4 aromatic rings. The highest BCUT2D eigenvalue weighted by Gasteiger charge is 2.16. The summed E-state index contributed by atoms with van der Waals surface area (Å²) in [7, 11) is 0. The van der Waals surface area contributed by atoms with Gasteiger partial charge in [0.15, 0.2) is 0 Å². The SMILES string of the molecule is Cc1coc2c(C)c3oc(=O)cc(-c4ccccn4)c3cc12. The second kappa shape index (κ2) is 4.56. The molecule has 0 N–H and O–H groups in total. The zero-order chi connectivity index (χ0) is 15.3. The second-order valence-electron chi connectivity index (χ2n) is 5.37. The average Bonchev–Trinajstić information content (AvgIpc) is 2.90. The predicted molar refractivity (Wildman–Crippen MR) is 85.0 cm³/mol. The summed E-state index contributed by atoms with van der Waals surface area (Å²) in [5.41, 5.74) is 4.33. The third-order valence-electron chi connectivity index (χ3n) is 3.93. The van der Waals surface area contributed by atoms with Crippen LogP contribution < -0.4 is 5.63 Å². The fourth-order valence-electron chi connectivity index (χ4n) is 2.83. The first-order chi connectivity index (χ1) is 10.6. The zero-order valence-corrected chi connectivity index (χ0v) is 12.2. The maximum absolute atomic E-state index is 11.9. The maximum atomic E-state index is 11.9. The van der Waals surface area contributed by atoms with E-state index >= 15 is 0 Å². The molecule has 3 aromatic heterocycles. The van der Waals surface area contributed by atoms with Crippen molar-refractivity contribution in [3.05, 3.63) is 64.3 Å². The van der Waals surface area contributed by atoms with Gasteiger partial charge in [-0.05, 0) is 37.6 Å². The van der Waals surface area contributed by atoms with Crippen LogP contribution in [0.4, 0.5) is 0 Å². The van der Waals surface area contributed by atoms with Crippen LogP contribution in [0.15, 0.2) is 56.4 Å². The minimum Gasteiger partial charge on any atom is -0.464 e. The van der Waals surface area contributed by atoms with Gasteiger partial charge in [0, 0.05) is 34.2 Å². The van der Waals surface area contributed by atoms with Crippen LogP contribution in [0.5, 0.6) is 0 Å². The Balaban J connectivity index is 2.22. The quantitative estimate of drug-likeness (QED) is 0.493. The maximum Gasteiger partial charge on any atom is 0.336 e. The molecule has 0 aliphatic rings. The largest absolute Gasteiger partial charge is 0.464 e. The number of benzene rings is 1. The van der Waals surface area contributed by atoms with Gasteiger partial charge in [0.1, 0.15) is 11.2 Å². The molecule has 0 atom stereocenters. The number of nitrogens with zero attached hydrogens (tertiary/aromatic N) is 1. The molecule has 4 heteroatoms. The third-order valence-corrected chi connectivity index (χ3v) is 3.93. The van der Waals surface area contributed by atoms with Crippen molar-refractivity contribution >= 4 is 21.9 Å². The number of aryl methyl sites for hydroxylation is 2. The molecule has 1 aromatic carbocycles. The highest BCUT2D eigenvalue weighted by atomic mass is 16.4. The monoisotopic (exact) mass is 291 g/mol. The van der Waals surface area contributed by atoms with E-state index in [0.717, 1.165) is 38.7 Å². The summed E-state index contributed by atoms with van der Waals surface area (Å²) in [5, 5.41) is 1.89. The molecule has 0 fully saturated rings. The van der Waals surface area contributed by atoms with Crippen LogP contribution >= 0.6 is 0 Å². The van der Waals surface area contributed by atoms with Crippen molar-refractivity contribution in [1.82, 2.24) is 4.98 Å². The van der Waals surface area contributed by atoms with Crippen LogP contribution in [0.2, 0.25) is 0 Å². The molecule has 0 radical (unpaired) electrons. The molecule has 0 aliphatic heterocycles. The normalized spacial score (nSPS) is 11.4. The van der Waals surface area contributed by atoms with Crippen molar-refractivity contribution in [3.8, 4) is 11.3 Å². The molecule has 4 rings (SSSR count). The van der Waals surface area contributed by atoms with Gasteiger partial charge in [-0.2, -0.15) is 0 Å². The minimum absolute atomic E-state index is 0.390. The van der Waals surface area contributed by atoms with E-state index in [2.05, 4.69) is 4.98 Å². The van der Waals surface area contributed by atoms with Crippen LogP contribution in [0.3, 0.4) is 0 Å². The Morgan fingerprint density at radius 1 is 1.05 bits per heavy atom. The Kier molecular flexibility index (Phi) is 2.66. The lowest BCUT2D eigenvalue weighted by Crippen LogP contribution is -2.00. The topological polar surface area (TPSA) is 56.2 Å². The molecule has 3 heterocycles. The van der Waals surface area contributed by atoms with Crippen LogP contribution in [-0.4, -0.2) is 4.98 Å². The van der Waals surface area contributed by atoms with E-state index in [4.69, 9.17) is 8.83 Å². The van der Waals surface area contributed by atoms with Crippen LogP contribution in [0.25, 0.3) is 33.2 Å². The first-order valence-corrected chi connectivity index (χ1v) is 7.02. The van der Waals surface area contributed by atoms with E-state index in [1.807, 2.05) is 38.1 Å². The van der Waals surface area contributed by atoms with Gasteiger partial charge in [0.05, 0.1) is 12.0 Å². The van der Waals surface area contributed by atoms with E-state index < -0.39 is 0 Å². The van der Waals surface area contributed by atoms with Crippen molar-refractivity contribution in [1.29, 1.82) is 0 Å². The third kappa shape index (κ3) is 1.77. The number of furan rings is 1. The molecule has 0 saturated heterocycles. The van der Waals surface area contributed by atoms with Crippen molar-refractivity contribution < 1.29 is 8.83 Å². The van der Waals surface area contributed by atoms with Crippen molar-refractivity contribution in [2.45, 2.75) is 13.8 Å². The van der Waals surface area contributed by atoms with Crippen LogP contribution in [0, 0.1) is 13.8 Å². The van der Waals surface area contributed by atoms with Crippen molar-refractivity contribution in [2.75, 3.05) is 0 Å². The van der Waals surface area contributed by atoms with Gasteiger partial charge < -0.3 is 8.83 Å². The summed E-state index contributed by atoms with van der Waals surface area (Å²) >= 11 is 0. The Morgan fingerprint density at radius 2 is 1.91 bits per heavy atom. The number of hydrogen-bond donors (Lipinski definition) is 0. The van der Waals surface area contributed by atoms with Gasteiger partial charge in [0.25, 0.3) is 0 Å². The minimum atomic E-state index is -0.390. The summed E-state index contributed by atoms with van der Waals surface area (Å²) in [5.74, 6) is 0. The fraction of sp³-hybridized carbons (Fsp3) is 0.111. The average molecular weight is 291 g/mol. The van der Waals surface area contributed by atoms with E-state index in [1.54, 1.807) is 12.5 Å². The van der Waals surface area contributed by atoms with Gasteiger partial charge in [-0.25, -0.2) is 4.79 Å². The number of pyridine rings is 1. The first kappa shape index (κ1) is 12.8. The summed E-state index contributed by atoms with van der Waals surface area (Å²) in [4.78, 5) is 16.3. The fourth-order valence-corrected chi connectivity index (χ4v) is 2.83. The second-order valence-corrected chi connectivity index (χ2v) is 5.37. The Morgan fingerprint density at radius 3 is 2.68 bits per heavy atom. The van der Waals surface area contributed by atoms with E-state index in [9.17, 15) is 4.79 Å². The molecule has 0 bridgehead atoms. The van der Waals surface area contributed by atoms with Gasteiger partial charge >= 0.3 is 5.63 Å². The molecule has 108 valence electrons. The van der Waals surface area contributed by atoms with Gasteiger partial charge in [-0.3, -0.25) is 4.98 Å². The Labute approximate surface area is 126 Å². The lowest BCUT2D eigenvalue weighted by molar-refractivity contribution is 0.556. The molecular formula is C18H13NO3. The molecule has 4 nitrogen and oxygen atoms in total. The summed E-state index contributed by atoms with van der Waals surface area (Å²) < 4.78 is 11.0. The number of rotatable bonds is 1. The highest BCUT2D eigenvalue weighted by molar-refractivity contribution is 6.03. The van der Waals surface area contributed by atoms with E-state index in [0.29, 0.717) is 5.58 Å². The van der Waals surface area contributed by atoms with Crippen molar-refractivity contribution in [2.24, 2.45) is 0 Å². The summed E-state index contributed by atoms with van der Waals surface area (Å²) in [6, 6.07) is 9.13. The molecule has 0 saturated carbocycles. The molecule has 0 aliphatic carbocycles. The van der Waals surface area contributed by atoms with Crippen LogP contribution in [-0.2, 0) is 0 Å². The first-order valence-electron chi connectivity index (χ1n) is 7.02. The van der Waals surface area contributed by atoms with Gasteiger partial charge in [-0.1, -0.05) is 6.07 Å².